The molecule has 0 aliphatic carbocycles. The molecule has 2 aliphatic rings. The molecule has 130 valence electrons. The van der Waals surface area contributed by atoms with Gasteiger partial charge in [0.15, 0.2) is 5.96 Å². The molecule has 7 nitrogen and oxygen atoms in total. The van der Waals surface area contributed by atoms with E-state index >= 15 is 0 Å². The molecular weight excluding hydrogens is 409 g/mol. The fourth-order valence-corrected chi connectivity index (χ4v) is 3.15. The van der Waals surface area contributed by atoms with Crippen LogP contribution in [0.15, 0.2) is 17.3 Å². The van der Waals surface area contributed by atoms with Gasteiger partial charge in [-0.3, -0.25) is 9.67 Å². The molecule has 23 heavy (non-hydrogen) atoms. The maximum absolute atomic E-state index is 6.14. The Bertz CT molecular complexity index is 536. The molecule has 1 unspecified atom stereocenters. The van der Waals surface area contributed by atoms with E-state index in [0.29, 0.717) is 25.0 Å². The predicted molar refractivity (Wildman–Crippen MR) is 98.9 cm³/mol. The van der Waals surface area contributed by atoms with Crippen LogP contribution in [0.1, 0.15) is 25.1 Å². The second-order valence-corrected chi connectivity index (χ2v) is 6.05. The van der Waals surface area contributed by atoms with Gasteiger partial charge in [0.1, 0.15) is 6.10 Å². The van der Waals surface area contributed by atoms with E-state index in [2.05, 4.69) is 21.9 Å². The predicted octanol–water partition coefficient (Wildman–Crippen LogP) is 1.15. The summed E-state index contributed by atoms with van der Waals surface area (Å²) in [5.74, 6) is 0.971. The van der Waals surface area contributed by atoms with Crippen molar-refractivity contribution in [1.82, 2.24) is 14.7 Å². The van der Waals surface area contributed by atoms with E-state index in [4.69, 9.17) is 15.2 Å². The first-order chi connectivity index (χ1) is 10.6. The Morgan fingerprint density at radius 1 is 1.43 bits per heavy atom. The van der Waals surface area contributed by atoms with Crippen molar-refractivity contribution in [3.8, 4) is 0 Å². The zero-order valence-corrected chi connectivity index (χ0v) is 16.1. The summed E-state index contributed by atoms with van der Waals surface area (Å²) in [6.07, 6.45) is 3.08. The summed E-state index contributed by atoms with van der Waals surface area (Å²) in [4.78, 5) is 6.71. The first-order valence-electron chi connectivity index (χ1n) is 7.91. The minimum absolute atomic E-state index is 0. The lowest BCUT2D eigenvalue weighted by Gasteiger charge is -2.32. The third kappa shape index (κ3) is 4.36. The molecule has 1 aromatic rings. The molecule has 0 amide bonds. The number of nitrogens with two attached hydrogens (primary N) is 1. The lowest BCUT2D eigenvalue weighted by Crippen LogP contribution is -2.48. The number of rotatable bonds is 3. The number of hydrogen-bond donors (Lipinski definition) is 1. The van der Waals surface area contributed by atoms with E-state index in [0.717, 1.165) is 31.8 Å². The Morgan fingerprint density at radius 2 is 2.26 bits per heavy atom. The Labute approximate surface area is 154 Å². The average Bonchev–Trinajstić information content (AvgIpc) is 3.12. The summed E-state index contributed by atoms with van der Waals surface area (Å²) in [7, 11) is 1.95. The first kappa shape index (κ1) is 18.5. The molecule has 3 atom stereocenters. The Morgan fingerprint density at radius 3 is 2.96 bits per heavy atom. The van der Waals surface area contributed by atoms with Gasteiger partial charge in [0.2, 0.25) is 0 Å². The molecule has 8 heteroatoms. The van der Waals surface area contributed by atoms with Gasteiger partial charge >= 0.3 is 0 Å². The van der Waals surface area contributed by atoms with Crippen molar-refractivity contribution in [3.05, 3.63) is 18.0 Å². The van der Waals surface area contributed by atoms with Crippen LogP contribution in [0, 0.1) is 5.92 Å². The van der Waals surface area contributed by atoms with Gasteiger partial charge < -0.3 is 20.1 Å². The molecule has 2 fully saturated rings. The van der Waals surface area contributed by atoms with Gasteiger partial charge in [0.05, 0.1) is 18.4 Å². The molecule has 0 saturated carbocycles. The lowest BCUT2D eigenvalue weighted by atomic mass is 9.99. The maximum Gasteiger partial charge on any atom is 0.191 e. The number of aromatic nitrogens is 2. The number of nitrogens with zero attached hydrogens (tertiary/aromatic N) is 4. The van der Waals surface area contributed by atoms with E-state index in [1.54, 1.807) is 6.20 Å². The Balaban J connectivity index is 0.00000192. The smallest absolute Gasteiger partial charge is 0.191 e. The maximum atomic E-state index is 6.14. The van der Waals surface area contributed by atoms with Crippen molar-refractivity contribution < 1.29 is 9.47 Å². The summed E-state index contributed by atoms with van der Waals surface area (Å²) < 4.78 is 13.3. The van der Waals surface area contributed by atoms with Crippen LogP contribution in [0.2, 0.25) is 0 Å². The fourth-order valence-electron chi connectivity index (χ4n) is 3.15. The lowest BCUT2D eigenvalue weighted by molar-refractivity contribution is 0.00523. The van der Waals surface area contributed by atoms with Crippen molar-refractivity contribution in [2.45, 2.75) is 25.6 Å². The van der Waals surface area contributed by atoms with Crippen molar-refractivity contribution in [1.29, 1.82) is 0 Å². The summed E-state index contributed by atoms with van der Waals surface area (Å²) >= 11 is 0. The van der Waals surface area contributed by atoms with Gasteiger partial charge in [-0.15, -0.1) is 24.0 Å². The van der Waals surface area contributed by atoms with Crippen LogP contribution in [-0.2, 0) is 16.5 Å². The summed E-state index contributed by atoms with van der Waals surface area (Å²) in [6.45, 7) is 5.84. The molecule has 0 bridgehead atoms. The highest BCUT2D eigenvalue weighted by Crippen LogP contribution is 2.34. The number of halogens is 1. The third-order valence-electron chi connectivity index (χ3n) is 4.42. The molecule has 0 radical (unpaired) electrons. The largest absolute Gasteiger partial charge is 0.375 e. The van der Waals surface area contributed by atoms with Crippen molar-refractivity contribution in [2.24, 2.45) is 23.7 Å². The molecule has 0 aromatic carbocycles. The number of aliphatic imine (C=N–C) groups is 1. The SMILES string of the molecule is CC1CN(C(N)=NC[C@@H]2CCO[C@H]2c2ccnn2C)CCO1.I. The van der Waals surface area contributed by atoms with Crippen molar-refractivity contribution >= 4 is 29.9 Å². The zero-order valence-electron chi connectivity index (χ0n) is 13.7. The summed E-state index contributed by atoms with van der Waals surface area (Å²) in [5, 5.41) is 4.23. The monoisotopic (exact) mass is 435 g/mol. The second-order valence-electron chi connectivity index (χ2n) is 6.05. The number of guanidine groups is 1. The quantitative estimate of drug-likeness (QED) is 0.438. The highest BCUT2D eigenvalue weighted by Gasteiger charge is 2.31. The third-order valence-corrected chi connectivity index (χ3v) is 4.42. The first-order valence-corrected chi connectivity index (χ1v) is 7.91. The normalized spacial score (nSPS) is 28.7. The van der Waals surface area contributed by atoms with Gasteiger partial charge in [0, 0.05) is 45.4 Å². The highest BCUT2D eigenvalue weighted by atomic mass is 127. The van der Waals surface area contributed by atoms with Crippen LogP contribution in [0.25, 0.3) is 0 Å². The Kier molecular flexibility index (Phi) is 6.66. The molecular formula is C15H26IN5O2. The van der Waals surface area contributed by atoms with Crippen molar-refractivity contribution in [2.75, 3.05) is 32.8 Å². The topological polar surface area (TPSA) is 77.9 Å². The van der Waals surface area contributed by atoms with E-state index in [1.807, 2.05) is 17.8 Å². The average molecular weight is 435 g/mol. The van der Waals surface area contributed by atoms with Gasteiger partial charge in [-0.05, 0) is 19.4 Å². The second kappa shape index (κ2) is 8.29. The van der Waals surface area contributed by atoms with Crippen LogP contribution in [0.4, 0.5) is 0 Å². The van der Waals surface area contributed by atoms with Gasteiger partial charge in [-0.1, -0.05) is 0 Å². The number of morpholine rings is 1. The van der Waals surface area contributed by atoms with Crippen LogP contribution in [0.3, 0.4) is 0 Å². The number of ether oxygens (including phenoxy) is 2. The fraction of sp³-hybridized carbons (Fsp3) is 0.733. The van der Waals surface area contributed by atoms with Gasteiger partial charge in [-0.2, -0.15) is 5.10 Å². The van der Waals surface area contributed by atoms with E-state index in [-0.39, 0.29) is 36.2 Å². The zero-order chi connectivity index (χ0) is 15.5. The summed E-state index contributed by atoms with van der Waals surface area (Å²) in [5.41, 5.74) is 7.25. The van der Waals surface area contributed by atoms with Crippen LogP contribution in [-0.4, -0.2) is 59.6 Å². The van der Waals surface area contributed by atoms with E-state index in [9.17, 15) is 0 Å². The standard InChI is InChI=1S/C15H25N5O2.HI/c1-11-10-20(6-8-21-11)15(16)17-9-12-4-7-22-14(12)13-3-5-18-19(13)2;/h3,5,11-12,14H,4,6-10H2,1-2H3,(H2,16,17);1H/t11?,12-,14+;/m0./s1. The Hall–Kier alpha value is -0.870. The molecule has 0 spiro atoms. The minimum Gasteiger partial charge on any atom is -0.375 e. The van der Waals surface area contributed by atoms with E-state index < -0.39 is 0 Å². The molecule has 1 aromatic heterocycles. The van der Waals surface area contributed by atoms with Crippen molar-refractivity contribution in [3.63, 3.8) is 0 Å². The minimum atomic E-state index is 0. The molecule has 2 aliphatic heterocycles. The van der Waals surface area contributed by atoms with Gasteiger partial charge in [0.25, 0.3) is 0 Å². The van der Waals surface area contributed by atoms with Crippen LogP contribution >= 0.6 is 24.0 Å². The molecule has 2 saturated heterocycles. The molecule has 3 heterocycles. The number of hydrogen-bond acceptors (Lipinski definition) is 4. The van der Waals surface area contributed by atoms with Crippen LogP contribution in [0.5, 0.6) is 0 Å². The van der Waals surface area contributed by atoms with E-state index in [1.165, 1.54) is 0 Å². The number of aryl methyl sites for hydroxylation is 1. The van der Waals surface area contributed by atoms with Gasteiger partial charge in [-0.25, -0.2) is 0 Å². The van der Waals surface area contributed by atoms with Crippen LogP contribution < -0.4 is 5.73 Å². The summed E-state index contributed by atoms with van der Waals surface area (Å²) in [6, 6.07) is 2.01. The molecule has 3 rings (SSSR count). The molecule has 2 N–H and O–H groups in total. The highest BCUT2D eigenvalue weighted by molar-refractivity contribution is 14.0.